The standard InChI is InChI=1S/C28H27N3O4/c32-27-26(35-19-22-12-6-2-7-13-22)29-31(17-24-16-25(24)23-14-8-3-9-15-23)28(33)30(27)20-34-18-21-10-4-1-5-11-21/h1-15,24-25H,16-20H2/t24-,25-/m0/s1. The first-order chi connectivity index (χ1) is 17.2. The fourth-order valence-electron chi connectivity index (χ4n) is 4.20. The van der Waals surface area contributed by atoms with Gasteiger partial charge in [0.1, 0.15) is 13.3 Å². The summed E-state index contributed by atoms with van der Waals surface area (Å²) in [5.74, 6) is 0.558. The quantitative estimate of drug-likeness (QED) is 0.351. The van der Waals surface area contributed by atoms with Gasteiger partial charge in [-0.15, -0.1) is 5.10 Å². The highest BCUT2D eigenvalue weighted by molar-refractivity contribution is 5.25. The number of benzene rings is 3. The predicted octanol–water partition coefficient (Wildman–Crippen LogP) is 3.96. The average molecular weight is 470 g/mol. The largest absolute Gasteiger partial charge is 0.468 e. The second kappa shape index (κ2) is 10.5. The Kier molecular flexibility index (Phi) is 6.86. The molecule has 1 fully saturated rings. The lowest BCUT2D eigenvalue weighted by molar-refractivity contribution is 0.0555. The van der Waals surface area contributed by atoms with Crippen molar-refractivity contribution >= 4 is 0 Å². The van der Waals surface area contributed by atoms with Crippen LogP contribution in [0.15, 0.2) is 101 Å². The second-order valence-electron chi connectivity index (χ2n) is 8.75. The molecule has 0 unspecified atom stereocenters. The van der Waals surface area contributed by atoms with Crippen LogP contribution in [0.5, 0.6) is 5.88 Å². The summed E-state index contributed by atoms with van der Waals surface area (Å²) < 4.78 is 13.9. The summed E-state index contributed by atoms with van der Waals surface area (Å²) in [5.41, 5.74) is 2.04. The summed E-state index contributed by atoms with van der Waals surface area (Å²) in [7, 11) is 0. The predicted molar refractivity (Wildman–Crippen MR) is 132 cm³/mol. The zero-order valence-electron chi connectivity index (χ0n) is 19.3. The van der Waals surface area contributed by atoms with E-state index in [0.717, 1.165) is 22.1 Å². The normalized spacial score (nSPS) is 16.7. The Labute approximate surface area is 203 Å². The van der Waals surface area contributed by atoms with Crippen LogP contribution in [0.3, 0.4) is 0 Å². The van der Waals surface area contributed by atoms with E-state index in [0.29, 0.717) is 12.5 Å². The fourth-order valence-corrected chi connectivity index (χ4v) is 4.20. The maximum Gasteiger partial charge on any atom is 0.349 e. The smallest absolute Gasteiger partial charge is 0.349 e. The molecule has 0 saturated heterocycles. The third kappa shape index (κ3) is 5.58. The Morgan fingerprint density at radius 2 is 1.40 bits per heavy atom. The van der Waals surface area contributed by atoms with Crippen molar-refractivity contribution in [2.75, 3.05) is 0 Å². The van der Waals surface area contributed by atoms with E-state index in [2.05, 4.69) is 17.2 Å². The minimum atomic E-state index is -0.592. The maximum atomic E-state index is 13.2. The summed E-state index contributed by atoms with van der Waals surface area (Å²) in [6.45, 7) is 0.707. The molecule has 1 aliphatic carbocycles. The van der Waals surface area contributed by atoms with Gasteiger partial charge in [-0.1, -0.05) is 91.0 Å². The Bertz CT molecular complexity index is 1370. The molecule has 1 heterocycles. The highest BCUT2D eigenvalue weighted by Gasteiger charge is 2.39. The van der Waals surface area contributed by atoms with Crippen molar-refractivity contribution in [1.29, 1.82) is 0 Å². The summed E-state index contributed by atoms with van der Waals surface area (Å²) in [6, 6.07) is 29.4. The van der Waals surface area contributed by atoms with Crippen molar-refractivity contribution < 1.29 is 9.47 Å². The zero-order chi connectivity index (χ0) is 24.0. The van der Waals surface area contributed by atoms with Crippen molar-refractivity contribution in [3.63, 3.8) is 0 Å². The highest BCUT2D eigenvalue weighted by atomic mass is 16.5. The van der Waals surface area contributed by atoms with Crippen LogP contribution in [-0.4, -0.2) is 14.3 Å². The van der Waals surface area contributed by atoms with E-state index in [1.165, 1.54) is 10.2 Å². The van der Waals surface area contributed by atoms with Gasteiger partial charge in [0.15, 0.2) is 0 Å². The lowest BCUT2D eigenvalue weighted by Gasteiger charge is -2.13. The molecule has 5 rings (SSSR count). The molecule has 7 nitrogen and oxygen atoms in total. The first-order valence-corrected chi connectivity index (χ1v) is 11.7. The molecule has 4 aromatic rings. The number of hydrogen-bond acceptors (Lipinski definition) is 5. The summed E-state index contributed by atoms with van der Waals surface area (Å²) in [4.78, 5) is 26.3. The van der Waals surface area contributed by atoms with Crippen molar-refractivity contribution in [2.45, 2.75) is 38.8 Å². The van der Waals surface area contributed by atoms with Gasteiger partial charge in [0.2, 0.25) is 0 Å². The summed E-state index contributed by atoms with van der Waals surface area (Å²) >= 11 is 0. The molecule has 0 spiro atoms. The summed E-state index contributed by atoms with van der Waals surface area (Å²) in [5, 5.41) is 4.32. The third-order valence-corrected chi connectivity index (χ3v) is 6.20. The Morgan fingerprint density at radius 1 is 0.800 bits per heavy atom. The van der Waals surface area contributed by atoms with E-state index in [9.17, 15) is 9.59 Å². The molecular formula is C28H27N3O4. The molecule has 7 heteroatoms. The van der Waals surface area contributed by atoms with Crippen molar-refractivity contribution in [1.82, 2.24) is 14.3 Å². The van der Waals surface area contributed by atoms with Gasteiger partial charge in [0, 0.05) is 6.54 Å². The average Bonchev–Trinajstić information content (AvgIpc) is 3.68. The minimum absolute atomic E-state index is 0.103. The van der Waals surface area contributed by atoms with Crippen molar-refractivity contribution in [2.24, 2.45) is 5.92 Å². The Balaban J connectivity index is 1.37. The monoisotopic (exact) mass is 469 g/mol. The van der Waals surface area contributed by atoms with Gasteiger partial charge < -0.3 is 9.47 Å². The molecule has 1 aromatic heterocycles. The third-order valence-electron chi connectivity index (χ3n) is 6.20. The molecule has 0 aliphatic heterocycles. The molecular weight excluding hydrogens is 442 g/mol. The Hall–Kier alpha value is -3.97. The second-order valence-corrected chi connectivity index (χ2v) is 8.75. The van der Waals surface area contributed by atoms with Crippen LogP contribution in [-0.2, 0) is 31.2 Å². The minimum Gasteiger partial charge on any atom is -0.468 e. The maximum absolute atomic E-state index is 13.2. The lowest BCUT2D eigenvalue weighted by atomic mass is 10.1. The van der Waals surface area contributed by atoms with Crippen molar-refractivity contribution in [3.05, 3.63) is 129 Å². The van der Waals surface area contributed by atoms with Gasteiger partial charge in [-0.2, -0.15) is 0 Å². The van der Waals surface area contributed by atoms with E-state index in [1.54, 1.807) is 0 Å². The molecule has 0 radical (unpaired) electrons. The van der Waals surface area contributed by atoms with Gasteiger partial charge in [0.25, 0.3) is 5.88 Å². The SMILES string of the molecule is O=c1c(OCc2ccccc2)nn(C[C@@H]2C[C@H]2c2ccccc2)c(=O)n1COCc1ccccc1. The van der Waals surface area contributed by atoms with E-state index < -0.39 is 11.2 Å². The van der Waals surface area contributed by atoms with Crippen LogP contribution >= 0.6 is 0 Å². The number of hydrogen-bond donors (Lipinski definition) is 0. The van der Waals surface area contributed by atoms with Crippen LogP contribution in [0.4, 0.5) is 0 Å². The molecule has 0 N–H and O–H groups in total. The highest BCUT2D eigenvalue weighted by Crippen LogP contribution is 2.48. The van der Waals surface area contributed by atoms with Crippen LogP contribution in [0, 0.1) is 5.92 Å². The molecule has 1 aliphatic rings. The van der Waals surface area contributed by atoms with E-state index >= 15 is 0 Å². The zero-order valence-corrected chi connectivity index (χ0v) is 19.3. The molecule has 3 aromatic carbocycles. The number of rotatable bonds is 10. The van der Waals surface area contributed by atoms with Gasteiger partial charge in [-0.25, -0.2) is 14.0 Å². The molecule has 0 bridgehead atoms. The molecule has 1 saturated carbocycles. The van der Waals surface area contributed by atoms with E-state index in [-0.39, 0.29) is 31.7 Å². The molecule has 2 atom stereocenters. The van der Waals surface area contributed by atoms with Gasteiger partial charge in [-0.3, -0.25) is 4.79 Å². The van der Waals surface area contributed by atoms with Crippen LogP contribution in [0.25, 0.3) is 0 Å². The molecule has 178 valence electrons. The molecule has 35 heavy (non-hydrogen) atoms. The van der Waals surface area contributed by atoms with E-state index in [1.807, 2.05) is 78.9 Å². The number of ether oxygens (including phenoxy) is 2. The van der Waals surface area contributed by atoms with Crippen LogP contribution in [0.2, 0.25) is 0 Å². The topological polar surface area (TPSA) is 75.4 Å². The van der Waals surface area contributed by atoms with Gasteiger partial charge in [0.05, 0.1) is 6.61 Å². The fraction of sp³-hybridized carbons (Fsp3) is 0.250. The summed E-state index contributed by atoms with van der Waals surface area (Å²) in [6.07, 6.45) is 0.974. The van der Waals surface area contributed by atoms with Crippen LogP contribution < -0.4 is 16.0 Å². The van der Waals surface area contributed by atoms with Crippen LogP contribution in [0.1, 0.15) is 29.0 Å². The Morgan fingerprint density at radius 3 is 2.06 bits per heavy atom. The molecule has 0 amide bonds. The number of nitrogens with zero attached hydrogens (tertiary/aromatic N) is 3. The van der Waals surface area contributed by atoms with Gasteiger partial charge in [-0.05, 0) is 34.9 Å². The first-order valence-electron chi connectivity index (χ1n) is 11.7. The van der Waals surface area contributed by atoms with E-state index in [4.69, 9.17) is 9.47 Å². The number of aromatic nitrogens is 3. The van der Waals surface area contributed by atoms with Gasteiger partial charge >= 0.3 is 11.2 Å². The van der Waals surface area contributed by atoms with Crippen molar-refractivity contribution in [3.8, 4) is 5.88 Å². The first kappa shape index (κ1) is 22.8. The lowest BCUT2D eigenvalue weighted by Crippen LogP contribution is -2.42.